The molecule has 1 aliphatic heterocycles. The average Bonchev–Trinajstić information content (AvgIpc) is 2.98. The lowest BCUT2D eigenvalue weighted by Gasteiger charge is -2.15. The normalized spacial score (nSPS) is 12.7. The molecule has 0 spiro atoms. The summed E-state index contributed by atoms with van der Waals surface area (Å²) in [6.45, 7) is 2.27. The predicted molar refractivity (Wildman–Crippen MR) is 96.9 cm³/mol. The summed E-state index contributed by atoms with van der Waals surface area (Å²) in [5, 5.41) is 2.94. The van der Waals surface area contributed by atoms with Crippen LogP contribution >= 0.6 is 0 Å². The Morgan fingerprint density at radius 1 is 1.12 bits per heavy atom. The number of nitrogens with one attached hydrogen (secondary N) is 1. The zero-order valence-electron chi connectivity index (χ0n) is 14.2. The first kappa shape index (κ1) is 16.1. The van der Waals surface area contributed by atoms with Crippen molar-refractivity contribution in [1.29, 1.82) is 0 Å². The molecule has 24 heavy (non-hydrogen) atoms. The predicted octanol–water partition coefficient (Wildman–Crippen LogP) is 2.91. The molecule has 5 heteroatoms. The molecule has 124 valence electrons. The smallest absolute Gasteiger partial charge is 0.255 e. The van der Waals surface area contributed by atoms with Crippen molar-refractivity contribution in [3.8, 4) is 0 Å². The highest BCUT2D eigenvalue weighted by molar-refractivity contribution is 6.05. The van der Waals surface area contributed by atoms with Gasteiger partial charge in [-0.3, -0.25) is 9.59 Å². The molecule has 2 aromatic carbocycles. The Bertz CT molecular complexity index is 799. The molecule has 0 bridgehead atoms. The van der Waals surface area contributed by atoms with E-state index in [1.165, 1.54) is 0 Å². The van der Waals surface area contributed by atoms with Crippen LogP contribution in [0, 0.1) is 0 Å². The lowest BCUT2D eigenvalue weighted by Crippen LogP contribution is -2.25. The third-order valence-electron chi connectivity index (χ3n) is 4.24. The van der Waals surface area contributed by atoms with E-state index in [2.05, 4.69) is 5.32 Å². The van der Waals surface area contributed by atoms with E-state index in [1.807, 2.05) is 55.4 Å². The van der Waals surface area contributed by atoms with Gasteiger partial charge in [0.1, 0.15) is 0 Å². The summed E-state index contributed by atoms with van der Waals surface area (Å²) < 4.78 is 0. The van der Waals surface area contributed by atoms with E-state index >= 15 is 0 Å². The molecule has 0 radical (unpaired) electrons. The fourth-order valence-corrected chi connectivity index (χ4v) is 2.94. The van der Waals surface area contributed by atoms with Crippen LogP contribution in [0.2, 0.25) is 0 Å². The number of nitrogens with zero attached hydrogens (tertiary/aromatic N) is 2. The molecule has 5 nitrogen and oxygen atoms in total. The van der Waals surface area contributed by atoms with Crippen LogP contribution in [0.3, 0.4) is 0 Å². The molecule has 0 atom stereocenters. The molecule has 0 aromatic heterocycles. The molecule has 3 rings (SSSR count). The Morgan fingerprint density at radius 3 is 2.62 bits per heavy atom. The summed E-state index contributed by atoms with van der Waals surface area (Å²) in [4.78, 5) is 27.8. The molecule has 0 fully saturated rings. The maximum absolute atomic E-state index is 12.5. The minimum absolute atomic E-state index is 0.0473. The van der Waals surface area contributed by atoms with Crippen molar-refractivity contribution < 1.29 is 9.59 Å². The molecule has 0 saturated heterocycles. The average molecular weight is 323 g/mol. The number of benzene rings is 2. The van der Waals surface area contributed by atoms with Gasteiger partial charge in [0.05, 0.1) is 0 Å². The highest BCUT2D eigenvalue weighted by Crippen LogP contribution is 2.30. The first-order valence-corrected chi connectivity index (χ1v) is 7.95. The number of fused-ring (bicyclic) bond motifs is 1. The van der Waals surface area contributed by atoms with E-state index < -0.39 is 0 Å². The number of rotatable bonds is 3. The van der Waals surface area contributed by atoms with Gasteiger partial charge in [0.2, 0.25) is 5.91 Å². The van der Waals surface area contributed by atoms with Crippen LogP contribution < -0.4 is 15.1 Å². The highest BCUT2D eigenvalue weighted by Gasteiger charge is 2.22. The molecule has 1 aliphatic rings. The van der Waals surface area contributed by atoms with E-state index in [1.54, 1.807) is 17.9 Å². The van der Waals surface area contributed by atoms with Crippen molar-refractivity contribution in [1.82, 2.24) is 0 Å². The molecular weight excluding hydrogens is 302 g/mol. The summed E-state index contributed by atoms with van der Waals surface area (Å²) in [6.07, 6.45) is 0.814. The van der Waals surface area contributed by atoms with Crippen molar-refractivity contribution in [3.05, 3.63) is 53.6 Å². The quantitative estimate of drug-likeness (QED) is 0.945. The van der Waals surface area contributed by atoms with Gasteiger partial charge in [0.25, 0.3) is 5.91 Å². The van der Waals surface area contributed by atoms with Gasteiger partial charge in [-0.1, -0.05) is 6.07 Å². The minimum Gasteiger partial charge on any atom is -0.378 e. The Morgan fingerprint density at radius 2 is 1.92 bits per heavy atom. The SMILES string of the molecule is CC(=O)N1CCc2cc(NC(=O)c3cccc(N(C)C)c3)ccc21. The summed E-state index contributed by atoms with van der Waals surface area (Å²) in [7, 11) is 3.89. The van der Waals surface area contributed by atoms with Crippen molar-refractivity contribution in [2.45, 2.75) is 13.3 Å². The van der Waals surface area contributed by atoms with E-state index in [0.29, 0.717) is 12.1 Å². The molecular formula is C19H21N3O2. The van der Waals surface area contributed by atoms with E-state index in [9.17, 15) is 9.59 Å². The van der Waals surface area contributed by atoms with Crippen LogP contribution in [0.15, 0.2) is 42.5 Å². The van der Waals surface area contributed by atoms with Gasteiger partial charge < -0.3 is 15.1 Å². The number of carbonyl (C=O) groups is 2. The zero-order chi connectivity index (χ0) is 17.3. The minimum atomic E-state index is -0.139. The Labute approximate surface area is 141 Å². The van der Waals surface area contributed by atoms with E-state index in [-0.39, 0.29) is 11.8 Å². The summed E-state index contributed by atoms with van der Waals surface area (Å²) >= 11 is 0. The second-order valence-corrected chi connectivity index (χ2v) is 6.16. The zero-order valence-corrected chi connectivity index (χ0v) is 14.2. The van der Waals surface area contributed by atoms with E-state index in [0.717, 1.165) is 29.0 Å². The van der Waals surface area contributed by atoms with Crippen molar-refractivity contribution in [2.24, 2.45) is 0 Å². The molecule has 1 N–H and O–H groups in total. The van der Waals surface area contributed by atoms with Crippen LogP contribution in [-0.2, 0) is 11.2 Å². The lowest BCUT2D eigenvalue weighted by molar-refractivity contribution is -0.116. The molecule has 2 amide bonds. The third-order valence-corrected chi connectivity index (χ3v) is 4.24. The van der Waals surface area contributed by atoms with Crippen molar-refractivity contribution in [3.63, 3.8) is 0 Å². The van der Waals surface area contributed by atoms with Crippen LogP contribution in [0.5, 0.6) is 0 Å². The largest absolute Gasteiger partial charge is 0.378 e. The van der Waals surface area contributed by atoms with Gasteiger partial charge in [-0.15, -0.1) is 0 Å². The van der Waals surface area contributed by atoms with Crippen LogP contribution in [0.25, 0.3) is 0 Å². The monoisotopic (exact) mass is 323 g/mol. The first-order valence-electron chi connectivity index (χ1n) is 7.95. The van der Waals surface area contributed by atoms with Crippen LogP contribution in [0.4, 0.5) is 17.1 Å². The number of hydrogen-bond acceptors (Lipinski definition) is 3. The van der Waals surface area contributed by atoms with Gasteiger partial charge >= 0.3 is 0 Å². The summed E-state index contributed by atoms with van der Waals surface area (Å²) in [5.74, 6) is -0.0916. The van der Waals surface area contributed by atoms with Crippen molar-refractivity contribution in [2.75, 3.05) is 35.8 Å². The van der Waals surface area contributed by atoms with Crippen LogP contribution in [-0.4, -0.2) is 32.5 Å². The molecule has 1 heterocycles. The maximum atomic E-state index is 12.5. The second kappa shape index (κ2) is 6.35. The van der Waals surface area contributed by atoms with Gasteiger partial charge in [0, 0.05) is 50.2 Å². The third kappa shape index (κ3) is 3.11. The summed E-state index contributed by atoms with van der Waals surface area (Å²) in [5.41, 5.74) is 4.38. The van der Waals surface area contributed by atoms with Gasteiger partial charge in [-0.25, -0.2) is 0 Å². The fourth-order valence-electron chi connectivity index (χ4n) is 2.94. The van der Waals surface area contributed by atoms with Gasteiger partial charge in [0.15, 0.2) is 0 Å². The molecule has 0 saturated carbocycles. The summed E-state index contributed by atoms with van der Waals surface area (Å²) in [6, 6.07) is 13.2. The highest BCUT2D eigenvalue weighted by atomic mass is 16.2. The lowest BCUT2D eigenvalue weighted by atomic mass is 10.1. The van der Waals surface area contributed by atoms with Gasteiger partial charge in [-0.05, 0) is 48.4 Å². The molecule has 0 unspecified atom stereocenters. The molecule has 0 aliphatic carbocycles. The Kier molecular flexibility index (Phi) is 4.25. The van der Waals surface area contributed by atoms with Crippen molar-refractivity contribution >= 4 is 28.9 Å². The van der Waals surface area contributed by atoms with E-state index in [4.69, 9.17) is 0 Å². The number of carbonyl (C=O) groups excluding carboxylic acids is 2. The fraction of sp³-hybridized carbons (Fsp3) is 0.263. The number of amides is 2. The maximum Gasteiger partial charge on any atom is 0.255 e. The topological polar surface area (TPSA) is 52.7 Å². The Hall–Kier alpha value is -2.82. The molecule has 2 aromatic rings. The number of hydrogen-bond donors (Lipinski definition) is 1. The number of anilines is 3. The second-order valence-electron chi connectivity index (χ2n) is 6.16. The first-order chi connectivity index (χ1) is 11.5. The van der Waals surface area contributed by atoms with Crippen LogP contribution in [0.1, 0.15) is 22.8 Å². The Balaban J connectivity index is 1.78. The standard InChI is InChI=1S/C19H21N3O2/c1-13(23)22-10-9-14-11-16(7-8-18(14)22)20-19(24)15-5-4-6-17(12-15)21(2)3/h4-8,11-12H,9-10H2,1-3H3,(H,20,24). The van der Waals surface area contributed by atoms with Gasteiger partial charge in [-0.2, -0.15) is 0 Å².